The second-order valence-corrected chi connectivity index (χ2v) is 3.43. The second kappa shape index (κ2) is 4.06. The van der Waals surface area contributed by atoms with E-state index in [-0.39, 0.29) is 0 Å². The lowest BCUT2D eigenvalue weighted by Gasteiger charge is -2.07. The van der Waals surface area contributed by atoms with Crippen LogP contribution in [0.25, 0.3) is 0 Å². The van der Waals surface area contributed by atoms with Gasteiger partial charge in [0.15, 0.2) is 0 Å². The number of nitrogens with zero attached hydrogens (tertiary/aromatic N) is 1. The molecule has 0 aliphatic rings. The van der Waals surface area contributed by atoms with E-state index in [1.54, 1.807) is 0 Å². The quantitative estimate of drug-likeness (QED) is 0.748. The van der Waals surface area contributed by atoms with Gasteiger partial charge in [0.05, 0.1) is 6.07 Å². The molecule has 0 bridgehead atoms. The first-order valence-electron chi connectivity index (χ1n) is 4.40. The monoisotopic (exact) mass is 174 g/mol. The average molecular weight is 174 g/mol. The summed E-state index contributed by atoms with van der Waals surface area (Å²) in [7, 11) is 0. The molecule has 0 aliphatic heterocycles. The predicted octanol–water partition coefficient (Wildman–Crippen LogP) is 2.33. The van der Waals surface area contributed by atoms with Crippen LogP contribution in [0.15, 0.2) is 24.3 Å². The van der Waals surface area contributed by atoms with Gasteiger partial charge in [-0.15, -0.1) is 0 Å². The number of benzene rings is 1. The lowest BCUT2D eigenvalue weighted by Crippen LogP contribution is -2.06. The van der Waals surface area contributed by atoms with Crippen LogP contribution in [-0.2, 0) is 0 Å². The van der Waals surface area contributed by atoms with Crippen LogP contribution in [-0.4, -0.2) is 0 Å². The van der Waals surface area contributed by atoms with E-state index in [4.69, 9.17) is 11.0 Å². The molecule has 0 unspecified atom stereocenters. The maximum Gasteiger partial charge on any atom is 0.118 e. The summed E-state index contributed by atoms with van der Waals surface area (Å²) < 4.78 is 0. The van der Waals surface area contributed by atoms with E-state index in [1.165, 1.54) is 5.56 Å². The Morgan fingerprint density at radius 1 is 1.15 bits per heavy atom. The van der Waals surface area contributed by atoms with Gasteiger partial charge in [-0.25, -0.2) is 0 Å². The maximum atomic E-state index is 8.59. The minimum absolute atomic E-state index is 0.499. The van der Waals surface area contributed by atoms with Crippen molar-refractivity contribution in [3.63, 3.8) is 0 Å². The Kier molecular flexibility index (Phi) is 3.05. The molecule has 2 heteroatoms. The Balaban J connectivity index is 2.89. The average Bonchev–Trinajstić information content (AvgIpc) is 2.17. The first-order chi connectivity index (χ1) is 6.15. The molecule has 0 aliphatic carbocycles. The van der Waals surface area contributed by atoms with Crippen LogP contribution in [0.3, 0.4) is 0 Å². The molecular weight excluding hydrogens is 160 g/mol. The lowest BCUT2D eigenvalue weighted by molar-refractivity contribution is 0.859. The van der Waals surface area contributed by atoms with E-state index in [1.807, 2.05) is 30.3 Å². The SMILES string of the molecule is CC(C)c1ccc([C@@H](N)C#N)cc1. The molecule has 2 N–H and O–H groups in total. The van der Waals surface area contributed by atoms with Crippen LogP contribution in [0.5, 0.6) is 0 Å². The van der Waals surface area contributed by atoms with Gasteiger partial charge in [0.1, 0.15) is 6.04 Å². The Morgan fingerprint density at radius 2 is 1.62 bits per heavy atom. The Bertz CT molecular complexity index is 306. The van der Waals surface area contributed by atoms with Crippen LogP contribution >= 0.6 is 0 Å². The van der Waals surface area contributed by atoms with Gasteiger partial charge in [-0.3, -0.25) is 0 Å². The first-order valence-corrected chi connectivity index (χ1v) is 4.40. The molecule has 0 aromatic heterocycles. The van der Waals surface area contributed by atoms with Gasteiger partial charge < -0.3 is 5.73 Å². The van der Waals surface area contributed by atoms with Gasteiger partial charge in [0.25, 0.3) is 0 Å². The number of nitrogens with two attached hydrogens (primary N) is 1. The highest BCUT2D eigenvalue weighted by molar-refractivity contribution is 5.29. The largest absolute Gasteiger partial charge is 0.312 e. The molecule has 0 saturated carbocycles. The highest BCUT2D eigenvalue weighted by Crippen LogP contribution is 2.17. The van der Waals surface area contributed by atoms with Gasteiger partial charge in [-0.2, -0.15) is 5.26 Å². The molecule has 1 atom stereocenters. The van der Waals surface area contributed by atoms with Crippen molar-refractivity contribution >= 4 is 0 Å². The summed E-state index contributed by atoms with van der Waals surface area (Å²) >= 11 is 0. The second-order valence-electron chi connectivity index (χ2n) is 3.43. The Labute approximate surface area is 79.0 Å². The molecule has 0 fully saturated rings. The molecule has 1 aromatic carbocycles. The predicted molar refractivity (Wildman–Crippen MR) is 53.1 cm³/mol. The van der Waals surface area contributed by atoms with Gasteiger partial charge in [0.2, 0.25) is 0 Å². The maximum absolute atomic E-state index is 8.59. The van der Waals surface area contributed by atoms with Crippen molar-refractivity contribution in [3.8, 4) is 6.07 Å². The molecule has 0 spiro atoms. The summed E-state index contributed by atoms with van der Waals surface area (Å²) in [6.45, 7) is 4.28. The first kappa shape index (κ1) is 9.76. The summed E-state index contributed by atoms with van der Waals surface area (Å²) in [6.07, 6.45) is 0. The van der Waals surface area contributed by atoms with Gasteiger partial charge in [-0.1, -0.05) is 38.1 Å². The van der Waals surface area contributed by atoms with Crippen molar-refractivity contribution in [2.24, 2.45) is 5.73 Å². The zero-order valence-corrected chi connectivity index (χ0v) is 7.99. The lowest BCUT2D eigenvalue weighted by atomic mass is 10.00. The third-order valence-electron chi connectivity index (χ3n) is 2.10. The standard InChI is InChI=1S/C11H14N2/c1-8(2)9-3-5-10(6-4-9)11(13)7-12/h3-6,8,11H,13H2,1-2H3/t11-/m0/s1. The number of rotatable bonds is 2. The normalized spacial score (nSPS) is 12.5. The molecule has 13 heavy (non-hydrogen) atoms. The van der Waals surface area contributed by atoms with Gasteiger partial charge >= 0.3 is 0 Å². The van der Waals surface area contributed by atoms with Crippen LogP contribution in [0.1, 0.15) is 36.9 Å². The highest BCUT2D eigenvalue weighted by atomic mass is 14.6. The molecule has 0 saturated heterocycles. The zero-order valence-electron chi connectivity index (χ0n) is 7.99. The van der Waals surface area contributed by atoms with Gasteiger partial charge in [0, 0.05) is 0 Å². The van der Waals surface area contributed by atoms with Crippen molar-refractivity contribution in [2.75, 3.05) is 0 Å². The number of hydrogen-bond acceptors (Lipinski definition) is 2. The van der Waals surface area contributed by atoms with E-state index >= 15 is 0 Å². The summed E-state index contributed by atoms with van der Waals surface area (Å²) in [5, 5.41) is 8.59. The van der Waals surface area contributed by atoms with Crippen LogP contribution < -0.4 is 5.73 Å². The minimum atomic E-state index is -0.499. The third kappa shape index (κ3) is 2.30. The van der Waals surface area contributed by atoms with E-state index in [0.29, 0.717) is 5.92 Å². The Hall–Kier alpha value is -1.33. The van der Waals surface area contributed by atoms with Crippen LogP contribution in [0, 0.1) is 11.3 Å². The molecular formula is C11H14N2. The Morgan fingerprint density at radius 3 is 2.00 bits per heavy atom. The van der Waals surface area contributed by atoms with E-state index < -0.39 is 6.04 Å². The fourth-order valence-electron chi connectivity index (χ4n) is 1.16. The zero-order chi connectivity index (χ0) is 9.84. The topological polar surface area (TPSA) is 49.8 Å². The minimum Gasteiger partial charge on any atom is -0.312 e. The number of nitriles is 1. The molecule has 0 amide bonds. The summed E-state index contributed by atoms with van der Waals surface area (Å²) in [5.74, 6) is 0.521. The van der Waals surface area contributed by atoms with Crippen molar-refractivity contribution in [3.05, 3.63) is 35.4 Å². The van der Waals surface area contributed by atoms with Crippen molar-refractivity contribution in [2.45, 2.75) is 25.8 Å². The molecule has 0 heterocycles. The van der Waals surface area contributed by atoms with E-state index in [0.717, 1.165) is 5.56 Å². The molecule has 68 valence electrons. The van der Waals surface area contributed by atoms with Crippen molar-refractivity contribution in [1.82, 2.24) is 0 Å². The van der Waals surface area contributed by atoms with E-state index in [9.17, 15) is 0 Å². The molecule has 1 rings (SSSR count). The number of hydrogen-bond donors (Lipinski definition) is 1. The van der Waals surface area contributed by atoms with Crippen LogP contribution in [0.4, 0.5) is 0 Å². The van der Waals surface area contributed by atoms with Crippen molar-refractivity contribution < 1.29 is 0 Å². The fraction of sp³-hybridized carbons (Fsp3) is 0.364. The van der Waals surface area contributed by atoms with Crippen molar-refractivity contribution in [1.29, 1.82) is 5.26 Å². The fourth-order valence-corrected chi connectivity index (χ4v) is 1.16. The van der Waals surface area contributed by atoms with E-state index in [2.05, 4.69) is 13.8 Å². The smallest absolute Gasteiger partial charge is 0.118 e. The third-order valence-corrected chi connectivity index (χ3v) is 2.10. The summed E-state index contributed by atoms with van der Waals surface area (Å²) in [6, 6.07) is 9.40. The summed E-state index contributed by atoms with van der Waals surface area (Å²) in [5.41, 5.74) is 7.71. The van der Waals surface area contributed by atoms with Crippen LogP contribution in [0.2, 0.25) is 0 Å². The molecule has 0 radical (unpaired) electrons. The summed E-state index contributed by atoms with van der Waals surface area (Å²) in [4.78, 5) is 0. The molecule has 1 aromatic rings. The van der Waals surface area contributed by atoms with Gasteiger partial charge in [-0.05, 0) is 17.0 Å². The molecule has 2 nitrogen and oxygen atoms in total. The highest BCUT2D eigenvalue weighted by Gasteiger charge is 2.04.